The van der Waals surface area contributed by atoms with E-state index in [1.165, 1.54) is 0 Å². The number of halogens is 3. The molecule has 2 N–H and O–H groups in total. The third-order valence-electron chi connectivity index (χ3n) is 1.65. The molecule has 1 rings (SSSR count). The van der Waals surface area contributed by atoms with E-state index in [1.807, 2.05) is 0 Å². The van der Waals surface area contributed by atoms with E-state index in [1.54, 1.807) is 18.2 Å². The molecular formula is C9H8BrCl2NO. The Labute approximate surface area is 101 Å². The molecule has 1 aromatic rings. The summed E-state index contributed by atoms with van der Waals surface area (Å²) in [6, 6.07) is 5.15. The Balaban J connectivity index is 2.81. The molecule has 0 aliphatic rings. The van der Waals surface area contributed by atoms with Crippen molar-refractivity contribution in [2.75, 3.05) is 0 Å². The van der Waals surface area contributed by atoms with Crippen molar-refractivity contribution in [1.29, 1.82) is 0 Å². The molecule has 1 amide bonds. The fraction of sp³-hybridized carbons (Fsp3) is 0.222. The van der Waals surface area contributed by atoms with Gasteiger partial charge in [-0.1, -0.05) is 39.1 Å². The average Bonchev–Trinajstić information content (AvgIpc) is 2.01. The molecule has 1 atom stereocenters. The van der Waals surface area contributed by atoms with Crippen LogP contribution in [0.5, 0.6) is 0 Å². The number of hydrogen-bond acceptors (Lipinski definition) is 1. The molecule has 1 aromatic carbocycles. The lowest BCUT2D eigenvalue weighted by molar-refractivity contribution is -0.117. The maximum atomic E-state index is 10.8. The van der Waals surface area contributed by atoms with E-state index in [2.05, 4.69) is 15.9 Å². The number of alkyl halides is 1. The van der Waals surface area contributed by atoms with Gasteiger partial charge in [-0.2, -0.15) is 0 Å². The number of carbonyl (C=O) groups excluding carboxylic acids is 1. The van der Waals surface area contributed by atoms with Crippen LogP contribution in [-0.2, 0) is 11.2 Å². The van der Waals surface area contributed by atoms with Crippen LogP contribution in [0.2, 0.25) is 10.0 Å². The fourth-order valence-electron chi connectivity index (χ4n) is 1.04. The van der Waals surface area contributed by atoms with Crippen molar-refractivity contribution in [2.45, 2.75) is 11.2 Å². The molecule has 0 spiro atoms. The minimum absolute atomic E-state index is 0.392. The number of amides is 1. The van der Waals surface area contributed by atoms with E-state index in [0.29, 0.717) is 16.5 Å². The standard InChI is InChI=1S/C9H8BrCl2NO/c10-8(9(13)14)3-5-1-6(11)4-7(12)2-5/h1-2,4,8H,3H2,(H2,13,14). The monoisotopic (exact) mass is 295 g/mol. The minimum Gasteiger partial charge on any atom is -0.369 e. The molecule has 0 saturated heterocycles. The summed E-state index contributed by atoms with van der Waals surface area (Å²) in [5.74, 6) is -0.402. The van der Waals surface area contributed by atoms with E-state index >= 15 is 0 Å². The van der Waals surface area contributed by atoms with Crippen molar-refractivity contribution in [3.05, 3.63) is 33.8 Å². The van der Waals surface area contributed by atoms with Crippen molar-refractivity contribution in [1.82, 2.24) is 0 Å². The number of primary amides is 1. The Kier molecular flexibility index (Phi) is 4.23. The second-order valence-electron chi connectivity index (χ2n) is 2.85. The molecule has 2 nitrogen and oxygen atoms in total. The third kappa shape index (κ3) is 3.48. The summed E-state index contributed by atoms with van der Waals surface area (Å²) in [7, 11) is 0. The fourth-order valence-corrected chi connectivity index (χ4v) is 1.98. The molecule has 0 radical (unpaired) electrons. The van der Waals surface area contributed by atoms with Crippen LogP contribution in [0.3, 0.4) is 0 Å². The van der Waals surface area contributed by atoms with Gasteiger partial charge in [-0.3, -0.25) is 4.79 Å². The number of carbonyl (C=O) groups is 1. The lowest BCUT2D eigenvalue weighted by Crippen LogP contribution is -2.24. The van der Waals surface area contributed by atoms with Gasteiger partial charge < -0.3 is 5.73 Å². The lowest BCUT2D eigenvalue weighted by atomic mass is 10.1. The smallest absolute Gasteiger partial charge is 0.231 e. The van der Waals surface area contributed by atoms with Crippen LogP contribution >= 0.6 is 39.1 Å². The summed E-state index contributed by atoms with van der Waals surface area (Å²) >= 11 is 14.8. The average molecular weight is 297 g/mol. The van der Waals surface area contributed by atoms with Crippen LogP contribution in [0.4, 0.5) is 0 Å². The Morgan fingerprint density at radius 2 is 1.86 bits per heavy atom. The summed E-state index contributed by atoms with van der Waals surface area (Å²) in [6.45, 7) is 0. The molecule has 76 valence electrons. The first-order chi connectivity index (χ1) is 6.49. The zero-order chi connectivity index (χ0) is 10.7. The second-order valence-corrected chi connectivity index (χ2v) is 4.83. The molecule has 5 heteroatoms. The molecule has 1 unspecified atom stereocenters. The summed E-state index contributed by atoms with van der Waals surface area (Å²) in [4.78, 5) is 10.4. The molecule has 0 aliphatic heterocycles. The maximum absolute atomic E-state index is 10.8. The molecule has 0 saturated carbocycles. The van der Waals surface area contributed by atoms with Crippen molar-refractivity contribution < 1.29 is 4.79 Å². The quantitative estimate of drug-likeness (QED) is 0.857. The zero-order valence-electron chi connectivity index (χ0n) is 7.14. The van der Waals surface area contributed by atoms with Gasteiger partial charge >= 0.3 is 0 Å². The predicted molar refractivity (Wildman–Crippen MR) is 62.1 cm³/mol. The number of benzene rings is 1. The molecule has 0 bridgehead atoms. The summed E-state index contributed by atoms with van der Waals surface area (Å²) < 4.78 is 0. The first-order valence-corrected chi connectivity index (χ1v) is 5.54. The van der Waals surface area contributed by atoms with Gasteiger partial charge in [-0.15, -0.1) is 0 Å². The topological polar surface area (TPSA) is 43.1 Å². The van der Waals surface area contributed by atoms with E-state index < -0.39 is 10.7 Å². The number of nitrogens with two attached hydrogens (primary N) is 1. The zero-order valence-corrected chi connectivity index (χ0v) is 10.2. The lowest BCUT2D eigenvalue weighted by Gasteiger charge is -2.06. The van der Waals surface area contributed by atoms with E-state index in [9.17, 15) is 4.79 Å². The van der Waals surface area contributed by atoms with Gasteiger partial charge in [0.25, 0.3) is 0 Å². The van der Waals surface area contributed by atoms with Gasteiger partial charge in [0.2, 0.25) is 5.91 Å². The van der Waals surface area contributed by atoms with Crippen LogP contribution in [0.1, 0.15) is 5.56 Å². The van der Waals surface area contributed by atoms with E-state index in [-0.39, 0.29) is 0 Å². The highest BCUT2D eigenvalue weighted by atomic mass is 79.9. The van der Waals surface area contributed by atoms with Gasteiger partial charge in [0.15, 0.2) is 0 Å². The van der Waals surface area contributed by atoms with Crippen molar-refractivity contribution in [3.8, 4) is 0 Å². The minimum atomic E-state index is -0.402. The van der Waals surface area contributed by atoms with Crippen molar-refractivity contribution >= 4 is 45.0 Å². The van der Waals surface area contributed by atoms with Crippen molar-refractivity contribution in [3.63, 3.8) is 0 Å². The first-order valence-electron chi connectivity index (χ1n) is 3.87. The van der Waals surface area contributed by atoms with Crippen LogP contribution in [0.25, 0.3) is 0 Å². The summed E-state index contributed by atoms with van der Waals surface area (Å²) in [6.07, 6.45) is 0.482. The van der Waals surface area contributed by atoms with Crippen LogP contribution in [0.15, 0.2) is 18.2 Å². The van der Waals surface area contributed by atoms with Crippen molar-refractivity contribution in [2.24, 2.45) is 5.73 Å². The molecule has 14 heavy (non-hydrogen) atoms. The van der Waals surface area contributed by atoms with E-state index in [4.69, 9.17) is 28.9 Å². The van der Waals surface area contributed by atoms with Crippen LogP contribution in [-0.4, -0.2) is 10.7 Å². The predicted octanol–water partition coefficient (Wildman–Crippen LogP) is 2.78. The Morgan fingerprint density at radius 3 is 2.29 bits per heavy atom. The Hall–Kier alpha value is -0.250. The highest BCUT2D eigenvalue weighted by Crippen LogP contribution is 2.21. The largest absolute Gasteiger partial charge is 0.369 e. The summed E-state index contributed by atoms with van der Waals surface area (Å²) in [5.41, 5.74) is 5.99. The molecular weight excluding hydrogens is 289 g/mol. The van der Waals surface area contributed by atoms with Gasteiger partial charge in [-0.25, -0.2) is 0 Å². The second kappa shape index (κ2) is 5.01. The van der Waals surface area contributed by atoms with Crippen LogP contribution < -0.4 is 5.73 Å². The highest BCUT2D eigenvalue weighted by Gasteiger charge is 2.12. The number of hydrogen-bond donors (Lipinski definition) is 1. The normalized spacial score (nSPS) is 12.5. The first kappa shape index (κ1) is 11.8. The third-order valence-corrected chi connectivity index (χ3v) is 2.86. The number of rotatable bonds is 3. The van der Waals surface area contributed by atoms with Crippen LogP contribution in [0, 0.1) is 0 Å². The van der Waals surface area contributed by atoms with Gasteiger partial charge in [0.05, 0.1) is 4.83 Å². The molecule has 0 heterocycles. The maximum Gasteiger partial charge on any atom is 0.231 e. The Morgan fingerprint density at radius 1 is 1.36 bits per heavy atom. The van der Waals surface area contributed by atoms with Gasteiger partial charge in [0.1, 0.15) is 0 Å². The van der Waals surface area contributed by atoms with Gasteiger partial charge in [0, 0.05) is 10.0 Å². The SMILES string of the molecule is NC(=O)C(Br)Cc1cc(Cl)cc(Cl)c1. The molecule has 0 aliphatic carbocycles. The highest BCUT2D eigenvalue weighted by molar-refractivity contribution is 9.10. The molecule has 0 aromatic heterocycles. The summed E-state index contributed by atoms with van der Waals surface area (Å²) in [5, 5.41) is 1.10. The van der Waals surface area contributed by atoms with E-state index in [0.717, 1.165) is 5.56 Å². The van der Waals surface area contributed by atoms with Gasteiger partial charge in [-0.05, 0) is 30.2 Å². The molecule has 0 fully saturated rings. The Bertz CT molecular complexity index is 336.